The van der Waals surface area contributed by atoms with Crippen LogP contribution in [-0.2, 0) is 0 Å². The highest BCUT2D eigenvalue weighted by atomic mass is 16.3. The summed E-state index contributed by atoms with van der Waals surface area (Å²) in [5.74, 6) is 0. The van der Waals surface area contributed by atoms with Crippen LogP contribution in [0.5, 0.6) is 0 Å². The summed E-state index contributed by atoms with van der Waals surface area (Å²) in [7, 11) is 0. The van der Waals surface area contributed by atoms with Crippen LogP contribution in [0.15, 0.2) is 138 Å². The fraction of sp³-hybridized carbons (Fsp3) is 0. The predicted octanol–water partition coefficient (Wildman–Crippen LogP) is 9.89. The molecule has 0 amide bonds. The minimum Gasteiger partial charge on any atom is -0.456 e. The Labute approximate surface area is 230 Å². The zero-order chi connectivity index (χ0) is 26.6. The van der Waals surface area contributed by atoms with Gasteiger partial charge in [0.25, 0.3) is 0 Å². The third-order valence-electron chi connectivity index (χ3n) is 7.86. The summed E-state index contributed by atoms with van der Waals surface area (Å²) in [5, 5.41) is 14.0. The van der Waals surface area contributed by atoms with Crippen molar-refractivity contribution in [3.8, 4) is 34.0 Å². The van der Waals surface area contributed by atoms with Gasteiger partial charge in [-0.2, -0.15) is 5.26 Å². The first-order valence-electron chi connectivity index (χ1n) is 13.3. The molecule has 0 spiro atoms. The lowest BCUT2D eigenvalue weighted by atomic mass is 9.99. The molecule has 2 aromatic heterocycles. The summed E-state index contributed by atoms with van der Waals surface area (Å²) in [5.41, 5.74) is 10.5. The van der Waals surface area contributed by atoms with Gasteiger partial charge in [-0.05, 0) is 76.9 Å². The van der Waals surface area contributed by atoms with E-state index in [9.17, 15) is 5.26 Å². The molecule has 0 saturated heterocycles. The van der Waals surface area contributed by atoms with E-state index in [-0.39, 0.29) is 0 Å². The van der Waals surface area contributed by atoms with Crippen molar-refractivity contribution in [1.82, 2.24) is 4.57 Å². The van der Waals surface area contributed by atoms with Crippen LogP contribution < -0.4 is 0 Å². The Morgan fingerprint density at radius 3 is 1.85 bits per heavy atom. The Balaban J connectivity index is 1.15. The van der Waals surface area contributed by atoms with Crippen molar-refractivity contribution in [2.24, 2.45) is 0 Å². The summed E-state index contributed by atoms with van der Waals surface area (Å²) >= 11 is 0. The SMILES string of the molecule is N#Cc1ccc2c(c1)c1ccccc1n2-c1ccc(-c2ccc(-c3ccc4oc5ccccc5c4c3)cc2)cc1. The molecule has 0 fully saturated rings. The van der Waals surface area contributed by atoms with Crippen LogP contribution in [0.3, 0.4) is 0 Å². The molecular formula is C37H22N2O. The largest absolute Gasteiger partial charge is 0.456 e. The second-order valence-corrected chi connectivity index (χ2v) is 10.1. The maximum Gasteiger partial charge on any atom is 0.135 e. The smallest absolute Gasteiger partial charge is 0.135 e. The van der Waals surface area contributed by atoms with Gasteiger partial charge in [-0.25, -0.2) is 0 Å². The van der Waals surface area contributed by atoms with Gasteiger partial charge in [0.15, 0.2) is 0 Å². The quantitative estimate of drug-likeness (QED) is 0.237. The molecule has 0 atom stereocenters. The highest BCUT2D eigenvalue weighted by molar-refractivity contribution is 6.09. The summed E-state index contributed by atoms with van der Waals surface area (Å²) < 4.78 is 8.27. The topological polar surface area (TPSA) is 41.9 Å². The summed E-state index contributed by atoms with van der Waals surface area (Å²) in [6.45, 7) is 0. The number of fused-ring (bicyclic) bond motifs is 6. The Bertz CT molecular complexity index is 2260. The average molecular weight is 511 g/mol. The Kier molecular flexibility index (Phi) is 4.89. The maximum atomic E-state index is 9.42. The molecule has 6 aromatic carbocycles. The Morgan fingerprint density at radius 1 is 0.475 bits per heavy atom. The van der Waals surface area contributed by atoms with E-state index in [2.05, 4.69) is 108 Å². The molecule has 3 heteroatoms. The lowest BCUT2D eigenvalue weighted by Crippen LogP contribution is -1.93. The average Bonchev–Trinajstić information content (AvgIpc) is 3.56. The minimum absolute atomic E-state index is 0.673. The van der Waals surface area contributed by atoms with E-state index in [0.717, 1.165) is 49.4 Å². The number of furan rings is 1. The fourth-order valence-corrected chi connectivity index (χ4v) is 5.88. The van der Waals surface area contributed by atoms with Gasteiger partial charge in [-0.1, -0.05) is 78.9 Å². The minimum atomic E-state index is 0.673. The molecule has 0 saturated carbocycles. The summed E-state index contributed by atoms with van der Waals surface area (Å²) in [6, 6.07) is 48.6. The number of hydrogen-bond acceptors (Lipinski definition) is 2. The molecule has 0 radical (unpaired) electrons. The molecule has 40 heavy (non-hydrogen) atoms. The number of nitriles is 1. The van der Waals surface area contributed by atoms with Crippen LogP contribution in [0.1, 0.15) is 5.56 Å². The molecule has 3 nitrogen and oxygen atoms in total. The van der Waals surface area contributed by atoms with Gasteiger partial charge in [0, 0.05) is 27.2 Å². The highest BCUT2D eigenvalue weighted by Crippen LogP contribution is 2.35. The zero-order valence-electron chi connectivity index (χ0n) is 21.5. The molecule has 186 valence electrons. The summed E-state index contributed by atoms with van der Waals surface area (Å²) in [6.07, 6.45) is 0. The molecule has 0 aliphatic heterocycles. The van der Waals surface area contributed by atoms with Crippen molar-refractivity contribution in [3.63, 3.8) is 0 Å². The van der Waals surface area contributed by atoms with Gasteiger partial charge in [0.2, 0.25) is 0 Å². The van der Waals surface area contributed by atoms with Crippen LogP contribution >= 0.6 is 0 Å². The molecule has 8 rings (SSSR count). The van der Waals surface area contributed by atoms with Gasteiger partial charge in [-0.3, -0.25) is 0 Å². The van der Waals surface area contributed by atoms with Gasteiger partial charge in [-0.15, -0.1) is 0 Å². The van der Waals surface area contributed by atoms with Crippen LogP contribution in [0.4, 0.5) is 0 Å². The number of nitrogens with zero attached hydrogens (tertiary/aromatic N) is 2. The van der Waals surface area contributed by atoms with Gasteiger partial charge in [0.05, 0.1) is 22.7 Å². The molecule has 0 unspecified atom stereocenters. The second-order valence-electron chi connectivity index (χ2n) is 10.1. The molecular weight excluding hydrogens is 488 g/mol. The lowest BCUT2D eigenvalue weighted by Gasteiger charge is -2.10. The molecule has 0 aliphatic carbocycles. The molecule has 0 N–H and O–H groups in total. The van der Waals surface area contributed by atoms with Crippen molar-refractivity contribution in [3.05, 3.63) is 139 Å². The Hall–Kier alpha value is -5.59. The van der Waals surface area contributed by atoms with Crippen molar-refractivity contribution in [1.29, 1.82) is 5.26 Å². The Morgan fingerprint density at radius 2 is 1.07 bits per heavy atom. The number of para-hydroxylation sites is 2. The highest BCUT2D eigenvalue weighted by Gasteiger charge is 2.13. The van der Waals surface area contributed by atoms with Gasteiger partial charge >= 0.3 is 0 Å². The monoisotopic (exact) mass is 510 g/mol. The van der Waals surface area contributed by atoms with Crippen LogP contribution in [0.2, 0.25) is 0 Å². The van der Waals surface area contributed by atoms with Crippen molar-refractivity contribution in [2.75, 3.05) is 0 Å². The molecule has 0 bridgehead atoms. The third-order valence-corrected chi connectivity index (χ3v) is 7.86. The number of aromatic nitrogens is 1. The lowest BCUT2D eigenvalue weighted by molar-refractivity contribution is 0.669. The normalized spacial score (nSPS) is 11.5. The maximum absolute atomic E-state index is 9.42. The van der Waals surface area contributed by atoms with Crippen LogP contribution in [0.25, 0.3) is 71.7 Å². The fourth-order valence-electron chi connectivity index (χ4n) is 5.88. The third kappa shape index (κ3) is 3.44. The van der Waals surface area contributed by atoms with E-state index in [1.807, 2.05) is 36.4 Å². The first-order valence-corrected chi connectivity index (χ1v) is 13.3. The first-order chi connectivity index (χ1) is 19.8. The number of rotatable bonds is 3. The number of hydrogen-bond donors (Lipinski definition) is 0. The van der Waals surface area contributed by atoms with E-state index in [4.69, 9.17) is 4.42 Å². The summed E-state index contributed by atoms with van der Waals surface area (Å²) in [4.78, 5) is 0. The van der Waals surface area contributed by atoms with Crippen LogP contribution in [0, 0.1) is 11.3 Å². The van der Waals surface area contributed by atoms with Crippen LogP contribution in [-0.4, -0.2) is 4.57 Å². The van der Waals surface area contributed by atoms with Crippen molar-refractivity contribution in [2.45, 2.75) is 0 Å². The molecule has 0 aliphatic rings. The van der Waals surface area contributed by atoms with E-state index in [1.165, 1.54) is 22.3 Å². The first kappa shape index (κ1) is 22.4. The van der Waals surface area contributed by atoms with Gasteiger partial charge in [0.1, 0.15) is 11.2 Å². The molecule has 8 aromatic rings. The van der Waals surface area contributed by atoms with Gasteiger partial charge < -0.3 is 8.98 Å². The van der Waals surface area contributed by atoms with E-state index >= 15 is 0 Å². The standard InChI is InChI=1S/C37H22N2O/c38-23-24-9-19-35-32(21-24)30-5-1-3-7-34(30)39(35)29-17-14-26(15-18-29)25-10-12-27(13-11-25)28-16-20-37-33(22-28)31-6-2-4-8-36(31)40-37/h1-22H. The van der Waals surface area contributed by atoms with E-state index in [1.54, 1.807) is 0 Å². The predicted molar refractivity (Wildman–Crippen MR) is 164 cm³/mol. The van der Waals surface area contributed by atoms with Crippen molar-refractivity contribution >= 4 is 43.7 Å². The zero-order valence-corrected chi connectivity index (χ0v) is 21.5. The van der Waals surface area contributed by atoms with Crippen molar-refractivity contribution < 1.29 is 4.42 Å². The second kappa shape index (κ2) is 8.73. The van der Waals surface area contributed by atoms with E-state index < -0.39 is 0 Å². The van der Waals surface area contributed by atoms with E-state index in [0.29, 0.717) is 5.56 Å². The molecule has 2 heterocycles. The number of benzene rings is 6.